The molecule has 0 aliphatic carbocycles. The molecule has 0 spiro atoms. The van der Waals surface area contributed by atoms with Crippen LogP contribution in [0.3, 0.4) is 0 Å². The Bertz CT molecular complexity index is 552. The zero-order chi connectivity index (χ0) is 14.0. The first-order valence-corrected chi connectivity index (χ1v) is 8.24. The Labute approximate surface area is 119 Å². The highest BCUT2D eigenvalue weighted by Crippen LogP contribution is 2.24. The lowest BCUT2D eigenvalue weighted by atomic mass is 10.0. The maximum absolute atomic E-state index is 12.3. The minimum Gasteiger partial charge on any atom is -0.271 e. The van der Waals surface area contributed by atoms with Crippen LogP contribution in [0.2, 0.25) is 5.02 Å². The fraction of sp³-hybridized carbons (Fsp3) is 0.538. The van der Waals surface area contributed by atoms with Gasteiger partial charge in [0.25, 0.3) is 0 Å². The molecule has 6 heteroatoms. The Kier molecular flexibility index (Phi) is 4.38. The third kappa shape index (κ3) is 3.61. The van der Waals surface area contributed by atoms with Crippen molar-refractivity contribution in [3.63, 3.8) is 0 Å². The molecule has 2 rings (SSSR count). The second-order valence-electron chi connectivity index (χ2n) is 5.15. The minimum absolute atomic E-state index is 0.524. The maximum atomic E-state index is 12.3. The van der Waals surface area contributed by atoms with Crippen LogP contribution in [0, 0.1) is 12.8 Å². The average Bonchev–Trinajstić information content (AvgIpc) is 2.34. The highest BCUT2D eigenvalue weighted by Gasteiger charge is 2.26. The normalized spacial score (nSPS) is 18.5. The van der Waals surface area contributed by atoms with E-state index in [-0.39, 0.29) is 0 Å². The molecule has 1 fully saturated rings. The van der Waals surface area contributed by atoms with E-state index in [1.54, 1.807) is 18.2 Å². The Hall–Kier alpha value is -0.780. The van der Waals surface area contributed by atoms with Crippen LogP contribution in [0.15, 0.2) is 18.2 Å². The van der Waals surface area contributed by atoms with Gasteiger partial charge in [-0.15, -0.1) is 0 Å². The van der Waals surface area contributed by atoms with E-state index < -0.39 is 10.2 Å². The van der Waals surface area contributed by atoms with Gasteiger partial charge in [0.15, 0.2) is 0 Å². The number of piperidine rings is 1. The van der Waals surface area contributed by atoms with Gasteiger partial charge in [-0.05, 0) is 43.4 Å². The number of benzene rings is 1. The van der Waals surface area contributed by atoms with Crippen molar-refractivity contribution >= 4 is 27.5 Å². The van der Waals surface area contributed by atoms with Crippen molar-refractivity contribution in [2.45, 2.75) is 26.7 Å². The SMILES string of the molecule is Cc1ccc(Cl)cc1NS(=O)(=O)N1CCC(C)CC1. The predicted octanol–water partition coefficient (Wildman–Crippen LogP) is 3.04. The lowest BCUT2D eigenvalue weighted by Gasteiger charge is -2.29. The van der Waals surface area contributed by atoms with Gasteiger partial charge in [0.2, 0.25) is 0 Å². The zero-order valence-corrected chi connectivity index (χ0v) is 12.8. The van der Waals surface area contributed by atoms with Crippen LogP contribution in [0.4, 0.5) is 5.69 Å². The number of aryl methyl sites for hydroxylation is 1. The van der Waals surface area contributed by atoms with Crippen LogP contribution in [0.1, 0.15) is 25.3 Å². The van der Waals surface area contributed by atoms with E-state index in [4.69, 9.17) is 11.6 Å². The fourth-order valence-corrected chi connectivity index (χ4v) is 3.62. The van der Waals surface area contributed by atoms with Crippen molar-refractivity contribution in [1.29, 1.82) is 0 Å². The molecule has 0 atom stereocenters. The van der Waals surface area contributed by atoms with Crippen LogP contribution in [-0.2, 0) is 10.2 Å². The quantitative estimate of drug-likeness (QED) is 0.933. The summed E-state index contributed by atoms with van der Waals surface area (Å²) in [6, 6.07) is 5.19. The molecule has 0 aromatic heterocycles. The summed E-state index contributed by atoms with van der Waals surface area (Å²) < 4.78 is 28.7. The molecule has 0 saturated carbocycles. The van der Waals surface area contributed by atoms with Crippen LogP contribution in [0.5, 0.6) is 0 Å². The molecule has 1 aromatic carbocycles. The van der Waals surface area contributed by atoms with Crippen LogP contribution >= 0.6 is 11.6 Å². The molecule has 1 heterocycles. The number of nitrogens with zero attached hydrogens (tertiary/aromatic N) is 1. The van der Waals surface area contributed by atoms with Crippen molar-refractivity contribution in [1.82, 2.24) is 4.31 Å². The van der Waals surface area contributed by atoms with E-state index in [0.717, 1.165) is 18.4 Å². The topological polar surface area (TPSA) is 49.4 Å². The van der Waals surface area contributed by atoms with E-state index in [2.05, 4.69) is 11.6 Å². The van der Waals surface area contributed by atoms with Crippen LogP contribution < -0.4 is 4.72 Å². The average molecular weight is 303 g/mol. The lowest BCUT2D eigenvalue weighted by Crippen LogP contribution is -2.41. The van der Waals surface area contributed by atoms with Gasteiger partial charge in [-0.2, -0.15) is 12.7 Å². The summed E-state index contributed by atoms with van der Waals surface area (Å²) in [4.78, 5) is 0. The molecule has 1 aliphatic heterocycles. The fourth-order valence-electron chi connectivity index (χ4n) is 2.13. The van der Waals surface area contributed by atoms with Gasteiger partial charge in [-0.3, -0.25) is 4.72 Å². The molecule has 0 amide bonds. The van der Waals surface area contributed by atoms with Gasteiger partial charge >= 0.3 is 10.2 Å². The molecule has 0 unspecified atom stereocenters. The van der Waals surface area contributed by atoms with Gasteiger partial charge in [-0.1, -0.05) is 24.6 Å². The standard InChI is InChI=1S/C13H19ClN2O2S/c1-10-5-7-16(8-6-10)19(17,18)15-13-9-12(14)4-3-11(13)2/h3-4,9-10,15H,5-8H2,1-2H3. The molecule has 1 aliphatic rings. The van der Waals surface area contributed by atoms with E-state index in [1.165, 1.54) is 4.31 Å². The number of anilines is 1. The van der Waals surface area contributed by atoms with Crippen LogP contribution in [-0.4, -0.2) is 25.8 Å². The number of hydrogen-bond acceptors (Lipinski definition) is 2. The highest BCUT2D eigenvalue weighted by atomic mass is 35.5. The summed E-state index contributed by atoms with van der Waals surface area (Å²) >= 11 is 5.90. The Morgan fingerprint density at radius 3 is 2.58 bits per heavy atom. The molecule has 0 bridgehead atoms. The largest absolute Gasteiger partial charge is 0.301 e. The third-order valence-corrected chi connectivity index (χ3v) is 5.28. The van der Waals surface area contributed by atoms with Crippen molar-refractivity contribution in [3.05, 3.63) is 28.8 Å². The molecular formula is C13H19ClN2O2S. The van der Waals surface area contributed by atoms with Crippen molar-refractivity contribution in [3.8, 4) is 0 Å². The van der Waals surface area contributed by atoms with Gasteiger partial charge in [0.1, 0.15) is 0 Å². The molecule has 4 nitrogen and oxygen atoms in total. The Balaban J connectivity index is 2.15. The molecule has 1 saturated heterocycles. The second-order valence-corrected chi connectivity index (χ2v) is 7.26. The van der Waals surface area contributed by atoms with Gasteiger partial charge < -0.3 is 0 Å². The predicted molar refractivity (Wildman–Crippen MR) is 78.7 cm³/mol. The monoisotopic (exact) mass is 302 g/mol. The molecule has 1 N–H and O–H groups in total. The zero-order valence-electron chi connectivity index (χ0n) is 11.2. The highest BCUT2D eigenvalue weighted by molar-refractivity contribution is 7.90. The second kappa shape index (κ2) is 5.69. The molecule has 1 aromatic rings. The number of rotatable bonds is 3. The van der Waals surface area contributed by atoms with Gasteiger partial charge in [0, 0.05) is 18.1 Å². The Morgan fingerprint density at radius 2 is 1.95 bits per heavy atom. The summed E-state index contributed by atoms with van der Waals surface area (Å²) in [5.74, 6) is 0.597. The van der Waals surface area contributed by atoms with Gasteiger partial charge in [0.05, 0.1) is 5.69 Å². The summed E-state index contributed by atoms with van der Waals surface area (Å²) in [7, 11) is -3.47. The van der Waals surface area contributed by atoms with E-state index in [0.29, 0.717) is 29.7 Å². The first-order valence-electron chi connectivity index (χ1n) is 6.42. The first-order chi connectivity index (χ1) is 8.88. The summed E-state index contributed by atoms with van der Waals surface area (Å²) in [5, 5.41) is 0.524. The lowest BCUT2D eigenvalue weighted by molar-refractivity contribution is 0.289. The first kappa shape index (κ1) is 14.6. The minimum atomic E-state index is -3.47. The molecular weight excluding hydrogens is 284 g/mol. The molecule has 19 heavy (non-hydrogen) atoms. The Morgan fingerprint density at radius 1 is 1.32 bits per heavy atom. The summed E-state index contributed by atoms with van der Waals surface area (Å²) in [6.45, 7) is 5.16. The maximum Gasteiger partial charge on any atom is 0.301 e. The van der Waals surface area contributed by atoms with Crippen molar-refractivity contribution in [2.75, 3.05) is 17.8 Å². The molecule has 106 valence electrons. The smallest absolute Gasteiger partial charge is 0.271 e. The number of halogens is 1. The number of hydrogen-bond donors (Lipinski definition) is 1. The van der Waals surface area contributed by atoms with E-state index in [1.807, 2.05) is 6.92 Å². The third-order valence-electron chi connectivity index (χ3n) is 3.52. The number of nitrogens with one attached hydrogen (secondary N) is 1. The summed E-state index contributed by atoms with van der Waals surface area (Å²) in [5.41, 5.74) is 1.41. The van der Waals surface area contributed by atoms with Crippen LogP contribution in [0.25, 0.3) is 0 Å². The van der Waals surface area contributed by atoms with E-state index >= 15 is 0 Å². The molecule has 0 radical (unpaired) electrons. The summed E-state index contributed by atoms with van der Waals surface area (Å²) in [6.07, 6.45) is 1.82. The van der Waals surface area contributed by atoms with E-state index in [9.17, 15) is 8.42 Å². The van der Waals surface area contributed by atoms with Crippen molar-refractivity contribution in [2.24, 2.45) is 5.92 Å². The van der Waals surface area contributed by atoms with Crippen molar-refractivity contribution < 1.29 is 8.42 Å². The van der Waals surface area contributed by atoms with Gasteiger partial charge in [-0.25, -0.2) is 0 Å².